The van der Waals surface area contributed by atoms with Crippen LogP contribution in [0.15, 0.2) is 0 Å². The molecule has 1 N–H and O–H groups in total. The van der Waals surface area contributed by atoms with Crippen molar-refractivity contribution in [3.05, 3.63) is 0 Å². The Morgan fingerprint density at radius 1 is 1.69 bits per heavy atom. The summed E-state index contributed by atoms with van der Waals surface area (Å²) < 4.78 is 0. The number of carbonyl (C=O) groups excluding carboxylic acids is 1. The van der Waals surface area contributed by atoms with E-state index in [1.165, 1.54) is 4.90 Å². The Hall–Kier alpha value is -0.790. The van der Waals surface area contributed by atoms with Gasteiger partial charge in [-0.3, -0.25) is 4.79 Å². The first kappa shape index (κ1) is 12.2. The smallest absolute Gasteiger partial charge is 0.240 e. The average Bonchev–Trinajstić information content (AvgIpc) is 2.11. The second kappa shape index (κ2) is 6.70. The van der Waals surface area contributed by atoms with E-state index in [1.54, 1.807) is 6.92 Å². The molecule has 13 heavy (non-hydrogen) atoms. The van der Waals surface area contributed by atoms with Crippen molar-refractivity contribution < 1.29 is 9.90 Å². The Balaban J connectivity index is 4.08. The Morgan fingerprint density at radius 2 is 2.31 bits per heavy atom. The minimum Gasteiger partial charge on any atom is -0.395 e. The van der Waals surface area contributed by atoms with Gasteiger partial charge in [-0.15, -0.1) is 11.6 Å². The number of aliphatic hydroxyl groups is 1. The van der Waals surface area contributed by atoms with Gasteiger partial charge in [0.1, 0.15) is 5.38 Å². The average molecular weight is 205 g/mol. The summed E-state index contributed by atoms with van der Waals surface area (Å²) in [5.41, 5.74) is 0. The van der Waals surface area contributed by atoms with Crippen LogP contribution in [-0.4, -0.2) is 41.0 Å². The molecule has 0 rings (SSSR count). The van der Waals surface area contributed by atoms with Crippen LogP contribution < -0.4 is 0 Å². The fraction of sp³-hybridized carbons (Fsp3) is 0.750. The molecule has 5 heteroatoms. The molecule has 0 aromatic rings. The van der Waals surface area contributed by atoms with Crippen molar-refractivity contribution >= 4 is 17.5 Å². The van der Waals surface area contributed by atoms with Gasteiger partial charge in [0.2, 0.25) is 5.91 Å². The van der Waals surface area contributed by atoms with Crippen molar-refractivity contribution in [2.24, 2.45) is 0 Å². The SMILES string of the molecule is CC(Cl)C(=O)N(CCO)CCC#N. The lowest BCUT2D eigenvalue weighted by molar-refractivity contribution is -0.130. The van der Waals surface area contributed by atoms with Crippen LogP contribution in [-0.2, 0) is 4.79 Å². The molecule has 0 radical (unpaired) electrons. The number of hydrogen-bond donors (Lipinski definition) is 1. The fourth-order valence-electron chi connectivity index (χ4n) is 0.889. The van der Waals surface area contributed by atoms with Gasteiger partial charge in [0.15, 0.2) is 0 Å². The number of hydrogen-bond acceptors (Lipinski definition) is 3. The zero-order valence-corrected chi connectivity index (χ0v) is 8.29. The first-order chi connectivity index (χ1) is 6.13. The summed E-state index contributed by atoms with van der Waals surface area (Å²) in [4.78, 5) is 12.7. The molecule has 0 aliphatic heterocycles. The monoisotopic (exact) mass is 204 g/mol. The van der Waals surface area contributed by atoms with E-state index >= 15 is 0 Å². The van der Waals surface area contributed by atoms with Gasteiger partial charge in [-0.2, -0.15) is 5.26 Å². The molecule has 0 saturated carbocycles. The molecule has 1 unspecified atom stereocenters. The molecular weight excluding hydrogens is 192 g/mol. The summed E-state index contributed by atoms with van der Waals surface area (Å²) in [6.45, 7) is 2.02. The van der Waals surface area contributed by atoms with Crippen LogP contribution >= 0.6 is 11.6 Å². The normalized spacial score (nSPS) is 11.8. The maximum absolute atomic E-state index is 11.3. The molecule has 0 aliphatic carbocycles. The second-order valence-corrected chi connectivity index (χ2v) is 3.23. The van der Waals surface area contributed by atoms with E-state index in [9.17, 15) is 4.79 Å². The van der Waals surface area contributed by atoms with Crippen LogP contribution in [0.2, 0.25) is 0 Å². The van der Waals surface area contributed by atoms with E-state index in [1.807, 2.05) is 6.07 Å². The number of nitriles is 1. The van der Waals surface area contributed by atoms with E-state index in [4.69, 9.17) is 22.0 Å². The van der Waals surface area contributed by atoms with Crippen molar-refractivity contribution in [1.29, 1.82) is 5.26 Å². The lowest BCUT2D eigenvalue weighted by atomic mass is 10.3. The maximum atomic E-state index is 11.3. The summed E-state index contributed by atoms with van der Waals surface area (Å²) in [5, 5.41) is 16.4. The van der Waals surface area contributed by atoms with Crippen molar-refractivity contribution in [1.82, 2.24) is 4.90 Å². The van der Waals surface area contributed by atoms with Gasteiger partial charge >= 0.3 is 0 Å². The van der Waals surface area contributed by atoms with Gasteiger partial charge in [0.25, 0.3) is 0 Å². The Labute approximate surface area is 82.7 Å². The lowest BCUT2D eigenvalue weighted by Crippen LogP contribution is -2.38. The van der Waals surface area contributed by atoms with Gasteiger partial charge in [-0.25, -0.2) is 0 Å². The molecule has 0 saturated heterocycles. The minimum atomic E-state index is -0.606. The van der Waals surface area contributed by atoms with Gasteiger partial charge in [-0.05, 0) is 6.92 Å². The van der Waals surface area contributed by atoms with Gasteiger partial charge in [-0.1, -0.05) is 0 Å². The highest BCUT2D eigenvalue weighted by molar-refractivity contribution is 6.30. The summed E-state index contributed by atoms with van der Waals surface area (Å²) in [6.07, 6.45) is 0.259. The van der Waals surface area contributed by atoms with Crippen LogP contribution in [0.25, 0.3) is 0 Å². The number of amides is 1. The van der Waals surface area contributed by atoms with E-state index in [0.717, 1.165) is 0 Å². The van der Waals surface area contributed by atoms with E-state index in [-0.39, 0.29) is 25.5 Å². The molecule has 0 aromatic carbocycles. The van der Waals surface area contributed by atoms with E-state index in [2.05, 4.69) is 0 Å². The van der Waals surface area contributed by atoms with Crippen molar-refractivity contribution in [2.45, 2.75) is 18.7 Å². The van der Waals surface area contributed by atoms with Crippen LogP contribution in [0.4, 0.5) is 0 Å². The molecule has 0 aliphatic rings. The lowest BCUT2D eigenvalue weighted by Gasteiger charge is -2.21. The van der Waals surface area contributed by atoms with Gasteiger partial charge in [0, 0.05) is 13.1 Å². The summed E-state index contributed by atoms with van der Waals surface area (Å²) in [6, 6.07) is 1.93. The largest absolute Gasteiger partial charge is 0.395 e. The second-order valence-electron chi connectivity index (χ2n) is 2.57. The Morgan fingerprint density at radius 3 is 2.69 bits per heavy atom. The molecule has 1 amide bonds. The Kier molecular flexibility index (Phi) is 6.29. The van der Waals surface area contributed by atoms with Crippen molar-refractivity contribution in [3.8, 4) is 6.07 Å². The summed E-state index contributed by atoms with van der Waals surface area (Å²) in [7, 11) is 0. The number of rotatable bonds is 5. The highest BCUT2D eigenvalue weighted by Crippen LogP contribution is 2.02. The van der Waals surface area contributed by atoms with Crippen LogP contribution in [0.5, 0.6) is 0 Å². The van der Waals surface area contributed by atoms with Crippen LogP contribution in [0, 0.1) is 11.3 Å². The number of aliphatic hydroxyl groups excluding tert-OH is 1. The zero-order valence-electron chi connectivity index (χ0n) is 7.53. The zero-order chi connectivity index (χ0) is 10.3. The number of halogens is 1. The predicted octanol–water partition coefficient (Wildman–Crippen LogP) is 0.348. The molecule has 0 bridgehead atoms. The molecule has 0 aromatic heterocycles. The molecular formula is C8H13ClN2O2. The van der Waals surface area contributed by atoms with Crippen molar-refractivity contribution in [3.63, 3.8) is 0 Å². The number of nitrogens with zero attached hydrogens (tertiary/aromatic N) is 2. The quantitative estimate of drug-likeness (QED) is 0.658. The summed E-state index contributed by atoms with van der Waals surface area (Å²) >= 11 is 5.58. The topological polar surface area (TPSA) is 64.3 Å². The molecule has 74 valence electrons. The third kappa shape index (κ3) is 4.71. The minimum absolute atomic E-state index is 0.110. The number of alkyl halides is 1. The van der Waals surface area contributed by atoms with Gasteiger partial charge < -0.3 is 10.0 Å². The molecule has 4 nitrogen and oxygen atoms in total. The fourth-order valence-corrected chi connectivity index (χ4v) is 1.03. The summed E-state index contributed by atoms with van der Waals surface area (Å²) in [5.74, 6) is -0.244. The van der Waals surface area contributed by atoms with Crippen LogP contribution in [0.1, 0.15) is 13.3 Å². The first-order valence-electron chi connectivity index (χ1n) is 4.04. The molecule has 0 heterocycles. The molecule has 1 atom stereocenters. The number of carbonyl (C=O) groups is 1. The third-order valence-electron chi connectivity index (χ3n) is 1.52. The van der Waals surface area contributed by atoms with Gasteiger partial charge in [0.05, 0.1) is 19.1 Å². The van der Waals surface area contributed by atoms with E-state index < -0.39 is 5.38 Å². The molecule has 0 fully saturated rings. The van der Waals surface area contributed by atoms with E-state index in [0.29, 0.717) is 6.54 Å². The first-order valence-corrected chi connectivity index (χ1v) is 4.47. The van der Waals surface area contributed by atoms with Crippen LogP contribution in [0.3, 0.4) is 0 Å². The highest BCUT2D eigenvalue weighted by Gasteiger charge is 2.17. The van der Waals surface area contributed by atoms with Crippen molar-refractivity contribution in [2.75, 3.05) is 19.7 Å². The third-order valence-corrected chi connectivity index (χ3v) is 1.70. The standard InChI is InChI=1S/C8H13ClN2O2/c1-7(9)8(13)11(5-6-12)4-2-3-10/h7,12H,2,4-6H2,1H3. The predicted molar refractivity (Wildman–Crippen MR) is 49.2 cm³/mol. The highest BCUT2D eigenvalue weighted by atomic mass is 35.5. The Bertz CT molecular complexity index is 201. The molecule has 0 spiro atoms. The maximum Gasteiger partial charge on any atom is 0.240 e.